The highest BCUT2D eigenvalue weighted by Gasteiger charge is 2.41. The molecule has 0 bridgehead atoms. The summed E-state index contributed by atoms with van der Waals surface area (Å²) in [6.07, 6.45) is 0. The number of benzene rings is 7. The van der Waals surface area contributed by atoms with Crippen LogP contribution in [-0.2, 0) is 5.75 Å². The van der Waals surface area contributed by atoms with Gasteiger partial charge < -0.3 is 4.57 Å². The van der Waals surface area contributed by atoms with Crippen LogP contribution in [0.15, 0.2) is 181 Å². The number of imidazole rings is 1. The highest BCUT2D eigenvalue weighted by Crippen LogP contribution is 2.39. The first kappa shape index (κ1) is 28.4. The van der Waals surface area contributed by atoms with E-state index in [1.54, 1.807) is 0 Å². The van der Waals surface area contributed by atoms with Crippen molar-refractivity contribution in [3.8, 4) is 11.4 Å². The van der Waals surface area contributed by atoms with Crippen molar-refractivity contribution in [2.45, 2.75) is 10.9 Å². The van der Waals surface area contributed by atoms with Crippen LogP contribution in [0.5, 0.6) is 0 Å². The maximum absolute atomic E-state index is 4.99. The number of fused-ring (bicyclic) bond motifs is 8. The second-order valence-electron chi connectivity index (χ2n) is 12.8. The smallest absolute Gasteiger partial charge is 0.179 e. The predicted molar refractivity (Wildman–Crippen MR) is 209 cm³/mol. The first-order valence-electron chi connectivity index (χ1n) is 16.7. The van der Waals surface area contributed by atoms with Gasteiger partial charge >= 0.3 is 0 Å². The van der Waals surface area contributed by atoms with Crippen molar-refractivity contribution >= 4 is 73.4 Å². The van der Waals surface area contributed by atoms with Gasteiger partial charge in [-0.3, -0.25) is 4.57 Å². The highest BCUT2D eigenvalue weighted by atomic mass is 32.2. The SMILES string of the molecule is c1ccc([Si](c2ccccc2)(c2ccccc2)c2ccc3c4ccccc4n(-c4ccc5c(c4)-n4c(nc6ccccc64)SC5)c3c2)cc1. The van der Waals surface area contributed by atoms with Crippen LogP contribution in [0.3, 0.4) is 0 Å². The Hall–Kier alpha value is -5.62. The zero-order chi connectivity index (χ0) is 32.4. The summed E-state index contributed by atoms with van der Waals surface area (Å²) < 4.78 is 4.83. The summed E-state index contributed by atoms with van der Waals surface area (Å²) in [6.45, 7) is 0. The van der Waals surface area contributed by atoms with Crippen LogP contribution < -0.4 is 20.7 Å². The van der Waals surface area contributed by atoms with Gasteiger partial charge in [-0.05, 0) is 62.7 Å². The Morgan fingerprint density at radius 3 is 1.76 bits per heavy atom. The summed E-state index contributed by atoms with van der Waals surface area (Å²) in [6, 6.07) is 65.1. The molecule has 1 aliphatic heterocycles. The summed E-state index contributed by atoms with van der Waals surface area (Å²) >= 11 is 1.81. The zero-order valence-corrected chi connectivity index (χ0v) is 28.5. The molecule has 1 aliphatic rings. The average Bonchev–Trinajstić information content (AvgIpc) is 3.72. The Labute approximate surface area is 290 Å². The summed E-state index contributed by atoms with van der Waals surface area (Å²) in [4.78, 5) is 4.99. The number of hydrogen-bond donors (Lipinski definition) is 0. The van der Waals surface area contributed by atoms with Crippen molar-refractivity contribution in [1.29, 1.82) is 0 Å². The van der Waals surface area contributed by atoms with Gasteiger partial charge in [0.2, 0.25) is 0 Å². The molecule has 0 spiro atoms. The van der Waals surface area contributed by atoms with E-state index in [0.717, 1.165) is 27.6 Å². The lowest BCUT2D eigenvalue weighted by Gasteiger charge is -2.34. The predicted octanol–water partition coefficient (Wildman–Crippen LogP) is 8.11. The number of aromatic nitrogens is 3. The third-order valence-electron chi connectivity index (χ3n) is 10.2. The van der Waals surface area contributed by atoms with Crippen molar-refractivity contribution in [3.05, 3.63) is 181 Å². The molecule has 0 N–H and O–H groups in total. The fraction of sp³-hybridized carbons (Fsp3) is 0.0227. The lowest BCUT2D eigenvalue weighted by molar-refractivity contribution is 0.892. The molecule has 0 saturated carbocycles. The van der Waals surface area contributed by atoms with Gasteiger partial charge in [0.1, 0.15) is 0 Å². The van der Waals surface area contributed by atoms with Crippen molar-refractivity contribution in [2.24, 2.45) is 0 Å². The second-order valence-corrected chi connectivity index (χ2v) is 17.5. The third kappa shape index (κ3) is 4.26. The largest absolute Gasteiger partial charge is 0.309 e. The monoisotopic (exact) mass is 661 g/mol. The lowest BCUT2D eigenvalue weighted by Crippen LogP contribution is -2.74. The first-order valence-corrected chi connectivity index (χ1v) is 19.7. The molecule has 3 heterocycles. The molecule has 7 aromatic carbocycles. The maximum atomic E-state index is 4.99. The quantitative estimate of drug-likeness (QED) is 0.137. The third-order valence-corrected chi connectivity index (χ3v) is 15.9. The number of rotatable bonds is 5. The van der Waals surface area contributed by atoms with Gasteiger partial charge in [-0.1, -0.05) is 151 Å². The van der Waals surface area contributed by atoms with Crippen molar-refractivity contribution in [3.63, 3.8) is 0 Å². The van der Waals surface area contributed by atoms with E-state index in [-0.39, 0.29) is 0 Å². The standard InChI is InChI=1S/C44H31N3SSi/c1-4-14-33(15-5-1)49(34-16-6-2-7-17-34,35-18-8-3-9-19-35)36-26-27-38-37-20-10-12-22-40(37)46(43(38)29-36)32-25-24-31-30-48-44-45-39-21-11-13-23-41(39)47(44)42(31)28-32/h1-29H,30H2. The summed E-state index contributed by atoms with van der Waals surface area (Å²) in [5.41, 5.74) is 8.31. The maximum Gasteiger partial charge on any atom is 0.179 e. The first-order chi connectivity index (χ1) is 24.3. The van der Waals surface area contributed by atoms with Gasteiger partial charge in [-0.15, -0.1) is 0 Å². The molecule has 3 nitrogen and oxygen atoms in total. The number of para-hydroxylation sites is 3. The van der Waals surface area contributed by atoms with Crippen molar-refractivity contribution < 1.29 is 0 Å². The molecule has 49 heavy (non-hydrogen) atoms. The van der Waals surface area contributed by atoms with Gasteiger partial charge in [0.25, 0.3) is 0 Å². The Kier molecular flexibility index (Phi) is 6.51. The van der Waals surface area contributed by atoms with Gasteiger partial charge in [-0.25, -0.2) is 4.98 Å². The molecule has 232 valence electrons. The minimum Gasteiger partial charge on any atom is -0.309 e. The molecule has 2 aromatic heterocycles. The molecule has 9 aromatic rings. The highest BCUT2D eigenvalue weighted by molar-refractivity contribution is 7.98. The van der Waals surface area contributed by atoms with E-state index in [4.69, 9.17) is 4.98 Å². The van der Waals surface area contributed by atoms with Crippen LogP contribution >= 0.6 is 11.8 Å². The van der Waals surface area contributed by atoms with Crippen LogP contribution in [0.4, 0.5) is 0 Å². The molecule has 0 saturated heterocycles. The van der Waals surface area contributed by atoms with Crippen molar-refractivity contribution in [2.75, 3.05) is 0 Å². The number of hydrogen-bond acceptors (Lipinski definition) is 2. The minimum atomic E-state index is -2.71. The molecule has 10 rings (SSSR count). The normalized spacial score (nSPS) is 12.7. The number of nitrogens with zero attached hydrogens (tertiary/aromatic N) is 3. The summed E-state index contributed by atoms with van der Waals surface area (Å²) in [5, 5.41) is 9.07. The van der Waals surface area contributed by atoms with Gasteiger partial charge in [0.05, 0.1) is 27.8 Å². The van der Waals surface area contributed by atoms with E-state index in [2.05, 4.69) is 185 Å². The van der Waals surface area contributed by atoms with Crippen LogP contribution in [0, 0.1) is 0 Å². The molecule has 5 heteroatoms. The van der Waals surface area contributed by atoms with E-state index in [1.165, 1.54) is 53.8 Å². The Morgan fingerprint density at radius 1 is 0.469 bits per heavy atom. The van der Waals surface area contributed by atoms with Gasteiger partial charge in [-0.2, -0.15) is 0 Å². The van der Waals surface area contributed by atoms with E-state index < -0.39 is 8.07 Å². The fourth-order valence-electron chi connectivity index (χ4n) is 8.04. The summed E-state index contributed by atoms with van der Waals surface area (Å²) in [7, 11) is -2.71. The molecule has 0 unspecified atom stereocenters. The Balaban J connectivity index is 1.28. The Bertz CT molecular complexity index is 2560. The minimum absolute atomic E-state index is 0.912. The van der Waals surface area contributed by atoms with Crippen LogP contribution in [0.1, 0.15) is 5.56 Å². The molecule has 0 atom stereocenters. The van der Waals surface area contributed by atoms with E-state index >= 15 is 0 Å². The molecular formula is C44H31N3SSi. The van der Waals surface area contributed by atoms with Crippen LogP contribution in [0.25, 0.3) is 44.2 Å². The van der Waals surface area contributed by atoms with E-state index in [9.17, 15) is 0 Å². The molecule has 0 radical (unpaired) electrons. The molecule has 0 fully saturated rings. The number of thioether (sulfide) groups is 1. The lowest BCUT2D eigenvalue weighted by atomic mass is 10.1. The molecule has 0 aliphatic carbocycles. The summed E-state index contributed by atoms with van der Waals surface area (Å²) in [5.74, 6) is 0.912. The molecular weight excluding hydrogens is 631 g/mol. The topological polar surface area (TPSA) is 22.8 Å². The van der Waals surface area contributed by atoms with E-state index in [1.807, 2.05) is 11.8 Å². The second kappa shape index (κ2) is 11.2. The van der Waals surface area contributed by atoms with Gasteiger partial charge in [0.15, 0.2) is 13.2 Å². The zero-order valence-electron chi connectivity index (χ0n) is 26.7. The molecule has 0 amide bonds. The average molecular weight is 662 g/mol. The Morgan fingerprint density at radius 2 is 1.06 bits per heavy atom. The van der Waals surface area contributed by atoms with Gasteiger partial charge in [0, 0.05) is 22.2 Å². The van der Waals surface area contributed by atoms with Crippen molar-refractivity contribution in [1.82, 2.24) is 14.1 Å². The van der Waals surface area contributed by atoms with Crippen LogP contribution in [0.2, 0.25) is 0 Å². The van der Waals surface area contributed by atoms with E-state index in [0.29, 0.717) is 0 Å². The fourth-order valence-corrected chi connectivity index (χ4v) is 13.8. The van der Waals surface area contributed by atoms with Crippen LogP contribution in [-0.4, -0.2) is 22.2 Å².